The molecule has 4 aromatic rings. The lowest BCUT2D eigenvalue weighted by Crippen LogP contribution is -2.47. The Kier molecular flexibility index (Phi) is 6.86. The van der Waals surface area contributed by atoms with Crippen LogP contribution in [0.1, 0.15) is 29.8 Å². The Balaban J connectivity index is 1.34. The number of nitrogens with zero attached hydrogens (tertiary/aromatic N) is 8. The molecular weight excluding hydrogens is 476 g/mol. The lowest BCUT2D eigenvalue weighted by Gasteiger charge is -2.34. The number of ether oxygens (including phenoxy) is 1. The topological polar surface area (TPSA) is 153 Å². The number of nitrogens with one attached hydrogen (secondary N) is 1. The molecule has 5 rings (SSSR count). The minimum absolute atomic E-state index is 0.133. The fourth-order valence-electron chi connectivity index (χ4n) is 4.49. The van der Waals surface area contributed by atoms with Crippen molar-refractivity contribution in [2.45, 2.75) is 33.5 Å². The van der Waals surface area contributed by atoms with Gasteiger partial charge in [-0.2, -0.15) is 15.1 Å². The van der Waals surface area contributed by atoms with Crippen molar-refractivity contribution in [1.82, 2.24) is 39.7 Å². The zero-order valence-electron chi connectivity index (χ0n) is 21.1. The smallest absolute Gasteiger partial charge is 0.223 e. The van der Waals surface area contributed by atoms with E-state index in [4.69, 9.17) is 15.0 Å². The lowest BCUT2D eigenvalue weighted by atomic mass is 10.1. The van der Waals surface area contributed by atoms with Crippen LogP contribution in [-0.2, 0) is 24.4 Å². The summed E-state index contributed by atoms with van der Waals surface area (Å²) in [5, 5.41) is 11.7. The molecule has 1 aromatic carbocycles. The van der Waals surface area contributed by atoms with Gasteiger partial charge in [0.05, 0.1) is 26.4 Å². The van der Waals surface area contributed by atoms with E-state index in [-0.39, 0.29) is 11.9 Å². The van der Waals surface area contributed by atoms with Crippen molar-refractivity contribution in [3.63, 3.8) is 0 Å². The summed E-state index contributed by atoms with van der Waals surface area (Å²) in [5.41, 5.74) is 9.38. The Morgan fingerprint density at radius 2 is 1.97 bits per heavy atom. The first-order chi connectivity index (χ1) is 17.9. The number of benzene rings is 1. The number of hydrogen-bond acceptors (Lipinski definition) is 11. The number of aromatic nitrogens is 6. The Morgan fingerprint density at radius 1 is 1.16 bits per heavy atom. The van der Waals surface area contributed by atoms with Crippen molar-refractivity contribution < 1.29 is 14.1 Å². The molecule has 37 heavy (non-hydrogen) atoms. The van der Waals surface area contributed by atoms with Crippen molar-refractivity contribution in [2.24, 2.45) is 0 Å². The Labute approximate surface area is 213 Å². The number of methoxy groups -OCH3 is 1. The number of anilines is 2. The Morgan fingerprint density at radius 3 is 2.68 bits per heavy atom. The lowest BCUT2D eigenvalue weighted by molar-refractivity contribution is -0.130. The number of nitrogen functional groups attached to an aromatic ring is 1. The minimum Gasteiger partial charge on any atom is -0.496 e. The monoisotopic (exact) mass is 506 g/mol. The van der Waals surface area contributed by atoms with Crippen molar-refractivity contribution in [2.75, 3.05) is 44.3 Å². The number of nitrogens with two attached hydrogens (primary N) is 1. The van der Waals surface area contributed by atoms with Gasteiger partial charge in [0.25, 0.3) is 0 Å². The van der Waals surface area contributed by atoms with Gasteiger partial charge < -0.3 is 25.2 Å². The van der Waals surface area contributed by atoms with E-state index < -0.39 is 0 Å². The van der Waals surface area contributed by atoms with Gasteiger partial charge in [-0.1, -0.05) is 17.3 Å². The zero-order valence-corrected chi connectivity index (χ0v) is 21.1. The molecule has 0 atom stereocenters. The number of hydrogen-bond donors (Lipinski definition) is 2. The predicted molar refractivity (Wildman–Crippen MR) is 136 cm³/mol. The third kappa shape index (κ3) is 5.45. The number of carbonyl (C=O) groups excluding carboxylic acids is 1. The van der Waals surface area contributed by atoms with Crippen LogP contribution in [0.2, 0.25) is 0 Å². The fraction of sp³-hybridized carbons (Fsp3) is 0.417. The molecule has 3 aromatic heterocycles. The van der Waals surface area contributed by atoms with Gasteiger partial charge in [-0.3, -0.25) is 14.4 Å². The van der Waals surface area contributed by atoms with Crippen LogP contribution in [0.5, 0.6) is 5.75 Å². The average Bonchev–Trinajstić information content (AvgIpc) is 3.49. The highest BCUT2D eigenvalue weighted by Gasteiger charge is 2.20. The van der Waals surface area contributed by atoms with Gasteiger partial charge >= 0.3 is 0 Å². The first-order valence-electron chi connectivity index (χ1n) is 12.1. The molecule has 1 amide bonds. The van der Waals surface area contributed by atoms with E-state index in [0.29, 0.717) is 41.7 Å². The van der Waals surface area contributed by atoms with Crippen LogP contribution >= 0.6 is 0 Å². The summed E-state index contributed by atoms with van der Waals surface area (Å²) in [5.74, 6) is 2.58. The zero-order chi connectivity index (χ0) is 25.9. The molecule has 1 aliphatic heterocycles. The summed E-state index contributed by atoms with van der Waals surface area (Å²) in [4.78, 5) is 28.8. The van der Waals surface area contributed by atoms with E-state index in [2.05, 4.69) is 53.6 Å². The number of rotatable bonds is 8. The highest BCUT2D eigenvalue weighted by Crippen LogP contribution is 2.26. The van der Waals surface area contributed by atoms with Gasteiger partial charge in [0.15, 0.2) is 11.6 Å². The van der Waals surface area contributed by atoms with Crippen molar-refractivity contribution in [3.05, 3.63) is 47.2 Å². The molecule has 1 saturated heterocycles. The first kappa shape index (κ1) is 24.4. The van der Waals surface area contributed by atoms with Gasteiger partial charge in [-0.05, 0) is 11.6 Å². The molecule has 13 nitrogen and oxygen atoms in total. The molecule has 0 saturated carbocycles. The summed E-state index contributed by atoms with van der Waals surface area (Å²) in [6, 6.07) is 6.22. The van der Waals surface area contributed by atoms with Gasteiger partial charge in [-0.25, -0.2) is 4.98 Å². The van der Waals surface area contributed by atoms with Crippen molar-refractivity contribution >= 4 is 28.7 Å². The number of amides is 1. The molecule has 194 valence electrons. The van der Waals surface area contributed by atoms with Gasteiger partial charge in [-0.15, -0.1) is 0 Å². The van der Waals surface area contributed by atoms with Crippen LogP contribution in [0.15, 0.2) is 28.9 Å². The molecule has 0 spiro atoms. The molecule has 0 aliphatic carbocycles. The van der Waals surface area contributed by atoms with E-state index in [9.17, 15) is 4.79 Å². The van der Waals surface area contributed by atoms with E-state index >= 15 is 0 Å². The number of carbonyl (C=O) groups is 1. The van der Waals surface area contributed by atoms with E-state index in [0.717, 1.165) is 49.6 Å². The Bertz CT molecular complexity index is 1410. The van der Waals surface area contributed by atoms with Crippen LogP contribution < -0.4 is 15.8 Å². The standard InChI is InChI=1S/C24H30N10O3/c1-15-28-21(31-37-15)12-26-23-22-19(29-24(25)30-23)11-27-34(22)14-18-5-4-17(10-20(18)36-3)13-32-6-8-33(9-7-32)16(2)35/h4-5,10-11H,6-9,12-14H2,1-3H3,(H3,25,26,29,30). The normalized spacial score (nSPS) is 14.3. The largest absolute Gasteiger partial charge is 0.496 e. The molecule has 3 N–H and O–H groups in total. The second-order valence-electron chi connectivity index (χ2n) is 8.98. The van der Waals surface area contributed by atoms with Crippen molar-refractivity contribution in [1.29, 1.82) is 0 Å². The van der Waals surface area contributed by atoms with Crippen LogP contribution in [0.3, 0.4) is 0 Å². The van der Waals surface area contributed by atoms with Crippen LogP contribution in [0.25, 0.3) is 11.0 Å². The first-order valence-corrected chi connectivity index (χ1v) is 12.1. The third-order valence-corrected chi connectivity index (χ3v) is 6.38. The maximum absolute atomic E-state index is 11.6. The average molecular weight is 507 g/mol. The molecular formula is C24H30N10O3. The van der Waals surface area contributed by atoms with E-state index in [1.54, 1.807) is 27.2 Å². The second-order valence-corrected chi connectivity index (χ2v) is 8.98. The SMILES string of the molecule is COc1cc(CN2CCN(C(C)=O)CC2)ccc1Cn1ncc2nc(N)nc(NCc3noc(C)n3)c21. The van der Waals surface area contributed by atoms with Gasteiger partial charge in [0.2, 0.25) is 17.7 Å². The van der Waals surface area contributed by atoms with Crippen molar-refractivity contribution in [3.8, 4) is 5.75 Å². The molecule has 0 bridgehead atoms. The summed E-state index contributed by atoms with van der Waals surface area (Å²) >= 11 is 0. The van der Waals surface area contributed by atoms with Gasteiger partial charge in [0.1, 0.15) is 16.8 Å². The molecule has 0 radical (unpaired) electrons. The summed E-state index contributed by atoms with van der Waals surface area (Å²) < 4.78 is 12.6. The summed E-state index contributed by atoms with van der Waals surface area (Å²) in [6.07, 6.45) is 1.67. The molecule has 1 aliphatic rings. The predicted octanol–water partition coefficient (Wildman–Crippen LogP) is 1.43. The summed E-state index contributed by atoms with van der Waals surface area (Å²) in [6.45, 7) is 8.13. The van der Waals surface area contributed by atoms with Crippen LogP contribution in [0.4, 0.5) is 11.8 Å². The summed E-state index contributed by atoms with van der Waals surface area (Å²) in [7, 11) is 1.67. The van der Waals surface area contributed by atoms with Crippen LogP contribution in [0, 0.1) is 6.92 Å². The highest BCUT2D eigenvalue weighted by molar-refractivity contribution is 5.86. The second kappa shape index (κ2) is 10.4. The van der Waals surface area contributed by atoms with E-state index in [1.165, 1.54) is 0 Å². The quantitative estimate of drug-likeness (QED) is 0.357. The molecule has 13 heteroatoms. The van der Waals surface area contributed by atoms with Crippen LogP contribution in [-0.4, -0.2) is 78.9 Å². The minimum atomic E-state index is 0.133. The maximum atomic E-state index is 11.6. The molecule has 1 fully saturated rings. The van der Waals surface area contributed by atoms with E-state index in [1.807, 2.05) is 9.58 Å². The number of fused-ring (bicyclic) bond motifs is 1. The maximum Gasteiger partial charge on any atom is 0.223 e. The fourth-order valence-corrected chi connectivity index (χ4v) is 4.49. The molecule has 0 unspecified atom stereocenters. The highest BCUT2D eigenvalue weighted by atomic mass is 16.5. The third-order valence-electron chi connectivity index (χ3n) is 6.38. The molecule has 4 heterocycles. The number of piperazine rings is 1. The number of aryl methyl sites for hydroxylation is 1. The van der Waals surface area contributed by atoms with Gasteiger partial charge in [0, 0.05) is 52.1 Å². The Hall–Kier alpha value is -4.26.